The first-order chi connectivity index (χ1) is 12.3. The number of rotatable bonds is 6. The van der Waals surface area contributed by atoms with E-state index in [0.29, 0.717) is 11.4 Å². The molecule has 0 atom stereocenters. The number of carbonyl (C=O) groups excluding carboxylic acids is 1. The smallest absolute Gasteiger partial charge is 0.264 e. The molecule has 0 aliphatic heterocycles. The van der Waals surface area contributed by atoms with Gasteiger partial charge in [-0.25, -0.2) is 13.6 Å². The number of hydrogen-bond donors (Lipinski definition) is 3. The number of anilines is 1. The molecule has 0 radical (unpaired) electrons. The summed E-state index contributed by atoms with van der Waals surface area (Å²) in [5, 5.41) is 10.4. The molecule has 7 nitrogen and oxygen atoms in total. The van der Waals surface area contributed by atoms with E-state index in [4.69, 9.17) is 22.1 Å². The Morgan fingerprint density at radius 3 is 2.27 bits per heavy atom. The fourth-order valence-corrected chi connectivity index (χ4v) is 2.77. The minimum atomic E-state index is -3.75. The predicted octanol–water partition coefficient (Wildman–Crippen LogP) is 1.79. The average Bonchev–Trinajstić information content (AvgIpc) is 2.60. The zero-order chi connectivity index (χ0) is 19.2. The maximum absolute atomic E-state index is 11.9. The summed E-state index contributed by atoms with van der Waals surface area (Å²) in [6.45, 7) is 1.87. The fourth-order valence-electron chi connectivity index (χ4n) is 2.02. The highest BCUT2D eigenvalue weighted by molar-refractivity contribution is 7.89. The molecule has 1 amide bonds. The second kappa shape index (κ2) is 8.75. The first-order valence-corrected chi connectivity index (χ1v) is 9.69. The van der Waals surface area contributed by atoms with Crippen LogP contribution in [-0.2, 0) is 21.2 Å². The van der Waals surface area contributed by atoms with Gasteiger partial charge in [0, 0.05) is 5.69 Å². The van der Waals surface area contributed by atoms with E-state index in [1.54, 1.807) is 12.1 Å². The van der Waals surface area contributed by atoms with Crippen molar-refractivity contribution < 1.29 is 17.9 Å². The van der Waals surface area contributed by atoms with Crippen molar-refractivity contribution in [3.05, 3.63) is 54.1 Å². The SMILES string of the molecule is CCc1ccc(OCC(=O)NC(=S)Nc2ccc(S(N)(=O)=O)cc2)cc1. The third kappa shape index (κ3) is 6.10. The van der Waals surface area contributed by atoms with Crippen molar-refractivity contribution in [1.29, 1.82) is 0 Å². The molecule has 0 aliphatic rings. The van der Waals surface area contributed by atoms with Crippen molar-refractivity contribution in [3.8, 4) is 5.75 Å². The lowest BCUT2D eigenvalue weighted by Gasteiger charge is -2.11. The average molecular weight is 393 g/mol. The van der Waals surface area contributed by atoms with Crippen LogP contribution in [0.2, 0.25) is 0 Å². The molecule has 0 saturated heterocycles. The van der Waals surface area contributed by atoms with E-state index in [-0.39, 0.29) is 16.6 Å². The van der Waals surface area contributed by atoms with E-state index in [1.807, 2.05) is 12.1 Å². The summed E-state index contributed by atoms with van der Waals surface area (Å²) in [5.41, 5.74) is 1.69. The maximum atomic E-state index is 11.9. The summed E-state index contributed by atoms with van der Waals surface area (Å²) in [5.74, 6) is 0.179. The van der Waals surface area contributed by atoms with Gasteiger partial charge in [-0.15, -0.1) is 0 Å². The normalized spacial score (nSPS) is 10.8. The highest BCUT2D eigenvalue weighted by Gasteiger charge is 2.09. The van der Waals surface area contributed by atoms with Crippen molar-refractivity contribution in [1.82, 2.24) is 5.32 Å². The molecule has 4 N–H and O–H groups in total. The van der Waals surface area contributed by atoms with Crippen LogP contribution in [0.4, 0.5) is 5.69 Å². The first-order valence-electron chi connectivity index (χ1n) is 7.73. The van der Waals surface area contributed by atoms with Crippen molar-refractivity contribution in [2.24, 2.45) is 5.14 Å². The zero-order valence-corrected chi connectivity index (χ0v) is 15.7. The van der Waals surface area contributed by atoms with Crippen LogP contribution in [-0.4, -0.2) is 26.0 Å². The molecule has 0 saturated carbocycles. The van der Waals surface area contributed by atoms with E-state index in [0.717, 1.165) is 6.42 Å². The number of benzene rings is 2. The van der Waals surface area contributed by atoms with E-state index < -0.39 is 15.9 Å². The topological polar surface area (TPSA) is 111 Å². The summed E-state index contributed by atoms with van der Waals surface area (Å²) in [7, 11) is -3.75. The molecule has 0 heterocycles. The van der Waals surface area contributed by atoms with E-state index >= 15 is 0 Å². The summed E-state index contributed by atoms with van der Waals surface area (Å²) in [6.07, 6.45) is 0.929. The minimum Gasteiger partial charge on any atom is -0.484 e. The van der Waals surface area contributed by atoms with Crippen molar-refractivity contribution in [2.45, 2.75) is 18.2 Å². The van der Waals surface area contributed by atoms with Gasteiger partial charge in [-0.1, -0.05) is 19.1 Å². The highest BCUT2D eigenvalue weighted by atomic mass is 32.2. The van der Waals surface area contributed by atoms with Crippen molar-refractivity contribution in [3.63, 3.8) is 0 Å². The Bertz CT molecular complexity index is 879. The molecular weight excluding hydrogens is 374 g/mol. The number of ether oxygens (including phenoxy) is 1. The van der Waals surface area contributed by atoms with Crippen LogP contribution in [0, 0.1) is 0 Å². The van der Waals surface area contributed by atoms with Gasteiger partial charge in [0.25, 0.3) is 5.91 Å². The molecule has 138 valence electrons. The van der Waals surface area contributed by atoms with Gasteiger partial charge in [0.15, 0.2) is 11.7 Å². The zero-order valence-electron chi connectivity index (χ0n) is 14.1. The molecular formula is C17H19N3O4S2. The number of sulfonamides is 1. The largest absolute Gasteiger partial charge is 0.484 e. The van der Waals surface area contributed by atoms with Gasteiger partial charge in [0.1, 0.15) is 5.75 Å². The Morgan fingerprint density at radius 1 is 1.12 bits per heavy atom. The minimum absolute atomic E-state index is 0.0134. The van der Waals surface area contributed by atoms with Crippen LogP contribution in [0.1, 0.15) is 12.5 Å². The Morgan fingerprint density at radius 2 is 1.73 bits per heavy atom. The number of aryl methyl sites for hydroxylation is 1. The molecule has 0 spiro atoms. The number of amides is 1. The Labute approximate surface area is 157 Å². The molecule has 26 heavy (non-hydrogen) atoms. The summed E-state index contributed by atoms with van der Waals surface area (Å²) < 4.78 is 27.8. The molecule has 0 aromatic heterocycles. The van der Waals surface area contributed by atoms with Gasteiger partial charge in [0.05, 0.1) is 4.90 Å². The Hall–Kier alpha value is -2.49. The molecule has 0 bridgehead atoms. The third-order valence-electron chi connectivity index (χ3n) is 3.40. The summed E-state index contributed by atoms with van der Waals surface area (Å²) in [6, 6.07) is 13.1. The molecule has 0 fully saturated rings. The second-order valence-electron chi connectivity index (χ2n) is 5.36. The monoisotopic (exact) mass is 393 g/mol. The third-order valence-corrected chi connectivity index (χ3v) is 4.53. The van der Waals surface area contributed by atoms with Gasteiger partial charge < -0.3 is 10.1 Å². The van der Waals surface area contributed by atoms with Crippen LogP contribution in [0.25, 0.3) is 0 Å². The predicted molar refractivity (Wildman–Crippen MR) is 103 cm³/mol. The lowest BCUT2D eigenvalue weighted by atomic mass is 10.2. The molecule has 2 aromatic rings. The van der Waals surface area contributed by atoms with E-state index in [1.165, 1.54) is 29.8 Å². The summed E-state index contributed by atoms with van der Waals surface area (Å²) in [4.78, 5) is 11.9. The van der Waals surface area contributed by atoms with Crippen molar-refractivity contribution in [2.75, 3.05) is 11.9 Å². The number of carbonyl (C=O) groups is 1. The van der Waals surface area contributed by atoms with Gasteiger partial charge >= 0.3 is 0 Å². The number of hydrogen-bond acceptors (Lipinski definition) is 5. The molecule has 9 heteroatoms. The van der Waals surface area contributed by atoms with Crippen LogP contribution in [0.15, 0.2) is 53.4 Å². The number of nitrogens with one attached hydrogen (secondary N) is 2. The van der Waals surface area contributed by atoms with Crippen LogP contribution >= 0.6 is 12.2 Å². The molecule has 2 rings (SSSR count). The fraction of sp³-hybridized carbons (Fsp3) is 0.176. The van der Waals surface area contributed by atoms with E-state index in [9.17, 15) is 13.2 Å². The van der Waals surface area contributed by atoms with Crippen LogP contribution < -0.4 is 20.5 Å². The van der Waals surface area contributed by atoms with Crippen molar-refractivity contribution >= 4 is 38.9 Å². The first kappa shape index (κ1) is 19.8. The lowest BCUT2D eigenvalue weighted by molar-refractivity contribution is -0.121. The second-order valence-corrected chi connectivity index (χ2v) is 7.33. The van der Waals surface area contributed by atoms with Gasteiger partial charge in [-0.2, -0.15) is 0 Å². The highest BCUT2D eigenvalue weighted by Crippen LogP contribution is 2.13. The summed E-state index contributed by atoms with van der Waals surface area (Å²) >= 11 is 5.04. The Kier molecular flexibility index (Phi) is 6.67. The number of primary sulfonamides is 1. The quantitative estimate of drug-likeness (QED) is 0.646. The number of thiocarbonyl (C=S) groups is 1. The Balaban J connectivity index is 1.82. The molecule has 2 aromatic carbocycles. The molecule has 0 aliphatic carbocycles. The van der Waals surface area contributed by atoms with Crippen LogP contribution in [0.5, 0.6) is 5.75 Å². The van der Waals surface area contributed by atoms with Gasteiger partial charge in [-0.3, -0.25) is 10.1 Å². The van der Waals surface area contributed by atoms with Gasteiger partial charge in [0.2, 0.25) is 10.0 Å². The van der Waals surface area contributed by atoms with Crippen LogP contribution in [0.3, 0.4) is 0 Å². The standard InChI is InChI=1S/C17H19N3O4S2/c1-2-12-3-7-14(8-4-12)24-11-16(21)20-17(25)19-13-5-9-15(10-6-13)26(18,22)23/h3-10H,2,11H2,1H3,(H2,18,22,23)(H2,19,20,21,25). The molecule has 0 unspecified atom stereocenters. The lowest BCUT2D eigenvalue weighted by Crippen LogP contribution is -2.37. The van der Waals surface area contributed by atoms with Gasteiger partial charge in [-0.05, 0) is 60.6 Å². The van der Waals surface area contributed by atoms with E-state index in [2.05, 4.69) is 17.6 Å². The number of nitrogens with two attached hydrogens (primary N) is 1. The maximum Gasteiger partial charge on any atom is 0.264 e.